The van der Waals surface area contributed by atoms with Crippen molar-refractivity contribution in [3.05, 3.63) is 9.85 Å². The number of thiazole rings is 1. The predicted molar refractivity (Wildman–Crippen MR) is 48.9 cm³/mol. The Kier molecular flexibility index (Phi) is 2.05. The lowest BCUT2D eigenvalue weighted by atomic mass is 10.4. The molecule has 0 saturated carbocycles. The Morgan fingerprint density at radius 3 is 2.46 bits per heavy atom. The number of nitrogens with zero attached hydrogens (tertiary/aromatic N) is 2. The van der Waals surface area contributed by atoms with Crippen LogP contribution in [0.4, 0.5) is 5.82 Å². The minimum Gasteiger partial charge on any atom is -0.274 e. The van der Waals surface area contributed by atoms with Crippen LogP contribution in [-0.4, -0.2) is 16.8 Å². The number of halogens is 1. The van der Waals surface area contributed by atoms with E-state index < -0.39 is 0 Å². The number of rotatable bonds is 1. The summed E-state index contributed by atoms with van der Waals surface area (Å²) in [5, 5.41) is 1.60. The summed E-state index contributed by atoms with van der Waals surface area (Å²) in [4.78, 5) is 27.4. The molecule has 0 spiro atoms. The van der Waals surface area contributed by atoms with Crippen LogP contribution in [0.15, 0.2) is 5.38 Å². The first-order valence-corrected chi connectivity index (χ1v) is 4.91. The second kappa shape index (κ2) is 3.08. The SMILES string of the molecule is O=C1CCC(=O)N1c1csc(Cl)n1. The van der Waals surface area contributed by atoms with Gasteiger partial charge in [-0.3, -0.25) is 9.59 Å². The van der Waals surface area contributed by atoms with E-state index in [-0.39, 0.29) is 24.7 Å². The Hall–Kier alpha value is -0.940. The van der Waals surface area contributed by atoms with Gasteiger partial charge in [0, 0.05) is 18.2 Å². The smallest absolute Gasteiger partial charge is 0.235 e. The summed E-state index contributed by atoms with van der Waals surface area (Å²) in [7, 11) is 0. The van der Waals surface area contributed by atoms with E-state index in [1.807, 2.05) is 0 Å². The highest BCUT2D eigenvalue weighted by atomic mass is 35.5. The predicted octanol–water partition coefficient (Wildman–Crippen LogP) is 1.45. The number of amides is 2. The molecule has 2 amide bonds. The number of hydrogen-bond donors (Lipinski definition) is 0. The Balaban J connectivity index is 2.35. The maximum absolute atomic E-state index is 11.2. The van der Waals surface area contributed by atoms with Gasteiger partial charge in [-0.1, -0.05) is 11.6 Å². The third-order valence-corrected chi connectivity index (χ3v) is 2.71. The highest BCUT2D eigenvalue weighted by Crippen LogP contribution is 2.26. The molecule has 4 nitrogen and oxygen atoms in total. The molecule has 1 aliphatic heterocycles. The Bertz CT molecular complexity index is 360. The molecule has 0 aromatic carbocycles. The number of carbonyl (C=O) groups is 2. The minimum atomic E-state index is -0.202. The summed E-state index contributed by atoms with van der Waals surface area (Å²) in [6, 6.07) is 0. The summed E-state index contributed by atoms with van der Waals surface area (Å²) < 4.78 is 0.336. The van der Waals surface area contributed by atoms with E-state index in [0.29, 0.717) is 10.3 Å². The second-order valence-corrected chi connectivity index (χ2v) is 4.02. The van der Waals surface area contributed by atoms with Crippen molar-refractivity contribution in [1.82, 2.24) is 4.98 Å². The van der Waals surface area contributed by atoms with Gasteiger partial charge in [0.15, 0.2) is 10.3 Å². The summed E-state index contributed by atoms with van der Waals surface area (Å²) >= 11 is 6.80. The number of hydrogen-bond acceptors (Lipinski definition) is 4. The Morgan fingerprint density at radius 2 is 2.00 bits per heavy atom. The van der Waals surface area contributed by atoms with Crippen molar-refractivity contribution in [2.45, 2.75) is 12.8 Å². The van der Waals surface area contributed by atoms with E-state index in [0.717, 1.165) is 4.90 Å². The minimum absolute atomic E-state index is 0.202. The van der Waals surface area contributed by atoms with Crippen molar-refractivity contribution in [3.8, 4) is 0 Å². The molecule has 13 heavy (non-hydrogen) atoms. The van der Waals surface area contributed by atoms with Crippen LogP contribution in [0.1, 0.15) is 12.8 Å². The van der Waals surface area contributed by atoms with Gasteiger partial charge in [-0.25, -0.2) is 9.88 Å². The van der Waals surface area contributed by atoms with Gasteiger partial charge in [-0.15, -0.1) is 11.3 Å². The van der Waals surface area contributed by atoms with E-state index in [4.69, 9.17) is 11.6 Å². The van der Waals surface area contributed by atoms with E-state index >= 15 is 0 Å². The molecule has 0 N–H and O–H groups in total. The molecule has 0 unspecified atom stereocenters. The van der Waals surface area contributed by atoms with Crippen molar-refractivity contribution < 1.29 is 9.59 Å². The zero-order valence-corrected chi connectivity index (χ0v) is 8.06. The van der Waals surface area contributed by atoms with Gasteiger partial charge < -0.3 is 0 Å². The lowest BCUT2D eigenvalue weighted by Crippen LogP contribution is -2.28. The van der Waals surface area contributed by atoms with Crippen molar-refractivity contribution in [2.75, 3.05) is 4.90 Å². The van der Waals surface area contributed by atoms with Crippen molar-refractivity contribution in [2.24, 2.45) is 0 Å². The third kappa shape index (κ3) is 1.45. The first kappa shape index (κ1) is 8.65. The van der Waals surface area contributed by atoms with Crippen LogP contribution in [-0.2, 0) is 9.59 Å². The first-order valence-electron chi connectivity index (χ1n) is 3.65. The molecule has 0 atom stereocenters. The lowest BCUT2D eigenvalue weighted by molar-refractivity contribution is -0.121. The highest BCUT2D eigenvalue weighted by molar-refractivity contribution is 7.14. The number of imide groups is 1. The standard InChI is InChI=1S/C7H5ClN2O2S/c8-7-9-4(3-13-7)10-5(11)1-2-6(10)12/h3H,1-2H2. The fraction of sp³-hybridized carbons (Fsp3) is 0.286. The zero-order valence-electron chi connectivity index (χ0n) is 6.49. The van der Waals surface area contributed by atoms with Crippen molar-refractivity contribution in [3.63, 3.8) is 0 Å². The summed E-state index contributed by atoms with van der Waals surface area (Å²) in [5.41, 5.74) is 0. The van der Waals surface area contributed by atoms with Crippen LogP contribution in [0.2, 0.25) is 4.47 Å². The average Bonchev–Trinajstić information content (AvgIpc) is 2.60. The molecule has 1 saturated heterocycles. The van der Waals surface area contributed by atoms with Gasteiger partial charge in [0.05, 0.1) is 0 Å². The molecule has 1 fully saturated rings. The fourth-order valence-electron chi connectivity index (χ4n) is 1.18. The van der Waals surface area contributed by atoms with Crippen LogP contribution in [0.3, 0.4) is 0 Å². The van der Waals surface area contributed by atoms with Crippen molar-refractivity contribution >= 4 is 40.6 Å². The summed E-state index contributed by atoms with van der Waals surface area (Å²) in [5.74, 6) is -0.0542. The maximum Gasteiger partial charge on any atom is 0.235 e. The molecule has 0 bridgehead atoms. The molecule has 0 radical (unpaired) electrons. The molecule has 1 aromatic heterocycles. The van der Waals surface area contributed by atoms with Gasteiger partial charge in [0.1, 0.15) is 0 Å². The maximum atomic E-state index is 11.2. The fourth-order valence-corrected chi connectivity index (χ4v) is 1.91. The van der Waals surface area contributed by atoms with Crippen LogP contribution in [0.25, 0.3) is 0 Å². The Morgan fingerprint density at radius 1 is 1.38 bits per heavy atom. The van der Waals surface area contributed by atoms with Gasteiger partial charge >= 0.3 is 0 Å². The molecule has 2 heterocycles. The van der Waals surface area contributed by atoms with Gasteiger partial charge in [-0.2, -0.15) is 0 Å². The monoisotopic (exact) mass is 216 g/mol. The van der Waals surface area contributed by atoms with E-state index in [1.54, 1.807) is 5.38 Å². The number of anilines is 1. The molecule has 1 aromatic rings. The number of carbonyl (C=O) groups excluding carboxylic acids is 2. The molecular weight excluding hydrogens is 212 g/mol. The average molecular weight is 217 g/mol. The largest absolute Gasteiger partial charge is 0.274 e. The van der Waals surface area contributed by atoms with Gasteiger partial charge in [0.25, 0.3) is 0 Å². The quantitative estimate of drug-likeness (QED) is 0.668. The van der Waals surface area contributed by atoms with Crippen LogP contribution < -0.4 is 4.90 Å². The number of aromatic nitrogens is 1. The van der Waals surface area contributed by atoms with Crippen LogP contribution >= 0.6 is 22.9 Å². The zero-order chi connectivity index (χ0) is 9.42. The van der Waals surface area contributed by atoms with E-state index in [9.17, 15) is 9.59 Å². The highest BCUT2D eigenvalue weighted by Gasteiger charge is 2.31. The topological polar surface area (TPSA) is 50.3 Å². The van der Waals surface area contributed by atoms with Crippen LogP contribution in [0, 0.1) is 0 Å². The second-order valence-electron chi connectivity index (χ2n) is 2.58. The van der Waals surface area contributed by atoms with E-state index in [1.165, 1.54) is 11.3 Å². The molecular formula is C7H5ClN2O2S. The summed E-state index contributed by atoms with van der Waals surface area (Å²) in [6.45, 7) is 0. The van der Waals surface area contributed by atoms with Gasteiger partial charge in [0.2, 0.25) is 11.8 Å². The molecule has 2 rings (SSSR count). The Labute approximate surface area is 83.1 Å². The molecule has 6 heteroatoms. The first-order chi connectivity index (χ1) is 6.18. The molecule has 1 aliphatic rings. The molecule has 68 valence electrons. The normalized spacial score (nSPS) is 17.2. The summed E-state index contributed by atoms with van der Waals surface area (Å²) in [6.07, 6.45) is 0.544. The third-order valence-electron chi connectivity index (χ3n) is 1.74. The van der Waals surface area contributed by atoms with E-state index in [2.05, 4.69) is 4.98 Å². The molecule has 0 aliphatic carbocycles. The van der Waals surface area contributed by atoms with Gasteiger partial charge in [-0.05, 0) is 0 Å². The van der Waals surface area contributed by atoms with Crippen molar-refractivity contribution in [1.29, 1.82) is 0 Å². The van der Waals surface area contributed by atoms with Crippen LogP contribution in [0.5, 0.6) is 0 Å². The lowest BCUT2D eigenvalue weighted by Gasteiger charge is -2.08.